The zero-order chi connectivity index (χ0) is 25.6. The van der Waals surface area contributed by atoms with Gasteiger partial charge in [0.05, 0.1) is 5.56 Å². The van der Waals surface area contributed by atoms with Gasteiger partial charge in [-0.05, 0) is 56.5 Å². The molecule has 0 unspecified atom stereocenters. The van der Waals surface area contributed by atoms with Crippen LogP contribution in [0.5, 0.6) is 0 Å². The number of fused-ring (bicyclic) bond motifs is 2. The van der Waals surface area contributed by atoms with Crippen molar-refractivity contribution in [1.29, 1.82) is 0 Å². The van der Waals surface area contributed by atoms with Crippen LogP contribution in [-0.4, -0.2) is 24.6 Å². The van der Waals surface area contributed by atoms with Gasteiger partial charge >= 0.3 is 6.18 Å². The summed E-state index contributed by atoms with van der Waals surface area (Å²) in [7, 11) is 0. The molecule has 0 aliphatic rings. The normalized spacial score (nSPS) is 12.4. The molecule has 0 atom stereocenters. The number of aromatic nitrogens is 5. The Labute approximate surface area is 203 Å². The summed E-state index contributed by atoms with van der Waals surface area (Å²) < 4.78 is 40.4. The van der Waals surface area contributed by atoms with E-state index < -0.39 is 11.7 Å². The Morgan fingerprint density at radius 1 is 1.09 bits per heavy atom. The van der Waals surface area contributed by atoms with Crippen LogP contribution in [0.15, 0.2) is 54.4 Å². The molecule has 0 aliphatic carbocycles. The lowest BCUT2D eigenvalue weighted by Crippen LogP contribution is -2.06. The number of hydrogen-bond donors (Lipinski definition) is 0. The third kappa shape index (κ3) is 6.32. The molecule has 0 radical (unpaired) electrons. The van der Waals surface area contributed by atoms with Gasteiger partial charge in [0.15, 0.2) is 17.1 Å². The lowest BCUT2D eigenvalue weighted by molar-refractivity contribution is -0.137. The summed E-state index contributed by atoms with van der Waals surface area (Å²) in [6.45, 7) is 10.3. The minimum absolute atomic E-state index is 0.293. The molecule has 0 spiro atoms. The smallest absolute Gasteiger partial charge is 0.236 e. The molecule has 4 aromatic rings. The molecule has 4 rings (SSSR count). The summed E-state index contributed by atoms with van der Waals surface area (Å²) in [6.07, 6.45) is 6.57. The molecule has 0 amide bonds. The molecule has 35 heavy (non-hydrogen) atoms. The number of allylic oxidation sites excluding steroid dienone is 3. The van der Waals surface area contributed by atoms with Crippen molar-refractivity contribution in [2.45, 2.75) is 60.1 Å². The Morgan fingerprint density at radius 3 is 2.57 bits per heavy atom. The second kappa shape index (κ2) is 11.3. The second-order valence-electron chi connectivity index (χ2n) is 8.01. The number of hydrogen-bond acceptors (Lipinski definition) is 4. The molecule has 4 aromatic heterocycles. The molecule has 4 heterocycles. The first-order valence-electron chi connectivity index (χ1n) is 11.8. The van der Waals surface area contributed by atoms with E-state index in [0.29, 0.717) is 29.7 Å². The molecule has 0 saturated carbocycles. The molecule has 8 heteroatoms. The summed E-state index contributed by atoms with van der Waals surface area (Å²) in [5.41, 5.74) is 4.46. The van der Waals surface area contributed by atoms with E-state index >= 15 is 0 Å². The van der Waals surface area contributed by atoms with Crippen LogP contribution in [0.4, 0.5) is 13.2 Å². The summed E-state index contributed by atoms with van der Waals surface area (Å²) in [5, 5.41) is 4.94. The average molecular weight is 482 g/mol. The summed E-state index contributed by atoms with van der Waals surface area (Å²) in [6, 6.07) is 6.42. The van der Waals surface area contributed by atoms with E-state index in [4.69, 9.17) is 4.98 Å². The largest absolute Gasteiger partial charge is 0.417 e. The summed E-state index contributed by atoms with van der Waals surface area (Å²) >= 11 is 0. The first kappa shape index (κ1) is 26.1. The van der Waals surface area contributed by atoms with Gasteiger partial charge in [0.1, 0.15) is 0 Å². The fourth-order valence-corrected chi connectivity index (χ4v) is 3.43. The molecule has 0 N–H and O–H groups in total. The average Bonchev–Trinajstić information content (AvgIpc) is 3.27. The molecular formula is C27H30F3N5. The zero-order valence-corrected chi connectivity index (χ0v) is 20.7. The lowest BCUT2D eigenvalue weighted by Gasteiger charge is -2.07. The highest BCUT2D eigenvalue weighted by atomic mass is 19.4. The van der Waals surface area contributed by atoms with E-state index in [0.717, 1.165) is 41.2 Å². The van der Waals surface area contributed by atoms with Crippen molar-refractivity contribution in [3.63, 3.8) is 0 Å². The van der Waals surface area contributed by atoms with E-state index in [9.17, 15) is 13.2 Å². The molecule has 0 fully saturated rings. The minimum atomic E-state index is -4.42. The topological polar surface area (TPSA) is 56.0 Å². The highest BCUT2D eigenvalue weighted by molar-refractivity contribution is 5.75. The van der Waals surface area contributed by atoms with Crippen LogP contribution in [0, 0.1) is 6.92 Å². The summed E-state index contributed by atoms with van der Waals surface area (Å²) in [5.74, 6) is 0.679. The number of nitrogens with zero attached hydrogens (tertiary/aromatic N) is 5. The van der Waals surface area contributed by atoms with Crippen LogP contribution in [-0.2, 0) is 19.0 Å². The van der Waals surface area contributed by atoms with Crippen LogP contribution in [0.1, 0.15) is 62.3 Å². The van der Waals surface area contributed by atoms with Gasteiger partial charge in [0.25, 0.3) is 0 Å². The molecule has 5 nitrogen and oxygen atoms in total. The quantitative estimate of drug-likeness (QED) is 0.274. The molecular weight excluding hydrogens is 451 g/mol. The van der Waals surface area contributed by atoms with Gasteiger partial charge in [-0.15, -0.1) is 0 Å². The van der Waals surface area contributed by atoms with E-state index in [2.05, 4.69) is 35.0 Å². The highest BCUT2D eigenvalue weighted by Crippen LogP contribution is 2.30. The highest BCUT2D eigenvalue weighted by Gasteiger charge is 2.31. The Balaban J connectivity index is 0.00000167. The SMILES string of the molecule is CC.CC/C(C)=C/C=C\c1c(C)ccn2nc(CCc3ccc4cc(C(F)(F)F)cnc4n3)nc12. The minimum Gasteiger partial charge on any atom is -0.236 e. The number of alkyl halides is 3. The van der Waals surface area contributed by atoms with Gasteiger partial charge in [-0.2, -0.15) is 18.3 Å². The van der Waals surface area contributed by atoms with Gasteiger partial charge in [-0.25, -0.2) is 19.5 Å². The predicted octanol–water partition coefficient (Wildman–Crippen LogP) is 7.18. The van der Waals surface area contributed by atoms with E-state index in [1.54, 1.807) is 16.6 Å². The predicted molar refractivity (Wildman–Crippen MR) is 134 cm³/mol. The van der Waals surface area contributed by atoms with E-state index in [1.165, 1.54) is 5.57 Å². The third-order valence-corrected chi connectivity index (χ3v) is 5.54. The second-order valence-corrected chi connectivity index (χ2v) is 8.01. The van der Waals surface area contributed by atoms with E-state index in [1.807, 2.05) is 45.2 Å². The Hall–Kier alpha value is -3.55. The summed E-state index contributed by atoms with van der Waals surface area (Å²) in [4.78, 5) is 13.0. The standard InChI is InChI=1S/C25H24F3N5.C2H6/c1-4-16(2)6-5-7-21-17(3)12-13-33-24(21)31-22(32-33)11-10-20-9-8-18-14-19(25(26,27)28)15-29-23(18)30-20;1-2/h5-9,12-15H,4,10-11H2,1-3H3;1-2H3/b7-5-,16-6+;. The fraction of sp³-hybridized carbons (Fsp3) is 0.333. The maximum Gasteiger partial charge on any atom is 0.417 e. The Morgan fingerprint density at radius 2 is 1.86 bits per heavy atom. The molecule has 0 bridgehead atoms. The van der Waals surface area contributed by atoms with Gasteiger partial charge in [-0.1, -0.05) is 44.6 Å². The van der Waals surface area contributed by atoms with Crippen molar-refractivity contribution < 1.29 is 13.2 Å². The van der Waals surface area contributed by atoms with Gasteiger partial charge in [0, 0.05) is 35.5 Å². The fourth-order valence-electron chi connectivity index (χ4n) is 3.43. The van der Waals surface area contributed by atoms with Crippen molar-refractivity contribution in [3.8, 4) is 0 Å². The van der Waals surface area contributed by atoms with Crippen molar-refractivity contribution in [1.82, 2.24) is 24.6 Å². The van der Waals surface area contributed by atoms with Crippen LogP contribution in [0.25, 0.3) is 22.8 Å². The van der Waals surface area contributed by atoms with Gasteiger partial charge in [0.2, 0.25) is 0 Å². The number of halogens is 3. The van der Waals surface area contributed by atoms with Crippen molar-refractivity contribution in [2.24, 2.45) is 0 Å². The van der Waals surface area contributed by atoms with Gasteiger partial charge < -0.3 is 0 Å². The van der Waals surface area contributed by atoms with Gasteiger partial charge in [-0.3, -0.25) is 0 Å². The first-order chi connectivity index (χ1) is 16.7. The van der Waals surface area contributed by atoms with Crippen LogP contribution in [0.2, 0.25) is 0 Å². The molecule has 0 saturated heterocycles. The van der Waals surface area contributed by atoms with E-state index in [-0.39, 0.29) is 0 Å². The maximum absolute atomic E-state index is 12.9. The third-order valence-electron chi connectivity index (χ3n) is 5.54. The molecule has 184 valence electrons. The number of rotatable bonds is 6. The maximum atomic E-state index is 12.9. The van der Waals surface area contributed by atoms with Crippen LogP contribution in [0.3, 0.4) is 0 Å². The molecule has 0 aliphatic heterocycles. The monoisotopic (exact) mass is 481 g/mol. The van der Waals surface area contributed by atoms with Crippen molar-refractivity contribution in [3.05, 3.63) is 82.6 Å². The Kier molecular flexibility index (Phi) is 8.38. The Bertz CT molecular complexity index is 1370. The number of aryl methyl sites for hydroxylation is 3. The van der Waals surface area contributed by atoms with Crippen molar-refractivity contribution in [2.75, 3.05) is 0 Å². The zero-order valence-electron chi connectivity index (χ0n) is 20.7. The first-order valence-corrected chi connectivity index (χ1v) is 11.8. The molecule has 0 aromatic carbocycles. The lowest BCUT2D eigenvalue weighted by atomic mass is 10.1. The van der Waals surface area contributed by atoms with Crippen LogP contribution >= 0.6 is 0 Å². The number of pyridine rings is 3. The van der Waals surface area contributed by atoms with Crippen LogP contribution < -0.4 is 0 Å². The van der Waals surface area contributed by atoms with Crippen molar-refractivity contribution >= 4 is 22.8 Å².